The Morgan fingerprint density at radius 3 is 2.07 bits per heavy atom. The molecule has 0 bridgehead atoms. The van der Waals surface area contributed by atoms with Gasteiger partial charge in [-0.05, 0) is 118 Å². The van der Waals surface area contributed by atoms with Gasteiger partial charge in [-0.1, -0.05) is 25.5 Å². The molecule has 4 atom stereocenters. The molecule has 3 aliphatic rings. The van der Waals surface area contributed by atoms with E-state index in [0.29, 0.717) is 0 Å². The second-order valence-corrected chi connectivity index (χ2v) is 10.3. The van der Waals surface area contributed by atoms with E-state index in [9.17, 15) is 8.78 Å². The molecule has 3 heteroatoms. The maximum absolute atomic E-state index is 14.5. The lowest BCUT2D eigenvalue weighted by molar-refractivity contribution is 0.0672. The molecule has 1 nitrogen and oxygen atoms in total. The van der Waals surface area contributed by atoms with Crippen molar-refractivity contribution in [3.63, 3.8) is 0 Å². The summed E-state index contributed by atoms with van der Waals surface area (Å²) in [6.07, 6.45) is 16.7. The van der Waals surface area contributed by atoms with Crippen LogP contribution in [-0.2, 0) is 0 Å². The van der Waals surface area contributed by atoms with E-state index in [2.05, 4.69) is 6.92 Å². The maximum Gasteiger partial charge on any atom is 0.191 e. The van der Waals surface area contributed by atoms with Crippen LogP contribution in [0.1, 0.15) is 89.5 Å². The van der Waals surface area contributed by atoms with Crippen LogP contribution in [0.2, 0.25) is 0 Å². The van der Waals surface area contributed by atoms with E-state index in [4.69, 9.17) is 4.74 Å². The van der Waals surface area contributed by atoms with Crippen LogP contribution in [0.25, 0.3) is 0 Å². The normalized spacial score (nSPS) is 34.7. The van der Waals surface area contributed by atoms with E-state index < -0.39 is 11.6 Å². The monoisotopic (exact) mass is 416 g/mol. The maximum atomic E-state index is 14.5. The van der Waals surface area contributed by atoms with Gasteiger partial charge in [-0.15, -0.1) is 0 Å². The second kappa shape index (κ2) is 9.83. The Labute approximate surface area is 181 Å². The number of benzene rings is 1. The molecule has 4 rings (SSSR count). The number of fused-ring (bicyclic) bond motifs is 1. The molecule has 0 spiro atoms. The first-order valence-corrected chi connectivity index (χ1v) is 12.3. The largest absolute Gasteiger partial charge is 0.483 e. The van der Waals surface area contributed by atoms with Crippen molar-refractivity contribution in [2.75, 3.05) is 6.61 Å². The zero-order valence-corrected chi connectivity index (χ0v) is 18.7. The molecule has 0 amide bonds. The molecule has 0 N–H and O–H groups in total. The summed E-state index contributed by atoms with van der Waals surface area (Å²) in [5.74, 6) is 3.49. The number of rotatable bonds is 5. The molecule has 3 aliphatic carbocycles. The lowest BCUT2D eigenvalue weighted by atomic mass is 9.61. The average molecular weight is 417 g/mol. The van der Waals surface area contributed by atoms with Gasteiger partial charge in [0, 0.05) is 0 Å². The highest BCUT2D eigenvalue weighted by Crippen LogP contribution is 2.50. The Morgan fingerprint density at radius 2 is 1.40 bits per heavy atom. The highest BCUT2D eigenvalue weighted by atomic mass is 19.1. The molecular weight excluding hydrogens is 378 g/mol. The highest BCUT2D eigenvalue weighted by Gasteiger charge is 2.38. The standard InChI is InChI=1S/C27H38F2O/c1-3-4-13-30-27-25(28)16-24(17-26(27)29)20-9-7-19(8-10-20)22-12-11-21-14-18(2)5-6-23(21)15-22/h3-4,16-23H,5-15H2,1-2H3/b4-3+. The predicted octanol–water partition coefficient (Wildman–Crippen LogP) is 8.05. The summed E-state index contributed by atoms with van der Waals surface area (Å²) in [7, 11) is 0. The minimum absolute atomic E-state index is 0.191. The number of halogens is 2. The van der Waals surface area contributed by atoms with Crippen LogP contribution in [0.4, 0.5) is 8.78 Å². The summed E-state index contributed by atoms with van der Waals surface area (Å²) < 4.78 is 34.2. The van der Waals surface area contributed by atoms with E-state index >= 15 is 0 Å². The van der Waals surface area contributed by atoms with Crippen LogP contribution in [-0.4, -0.2) is 6.61 Å². The minimum Gasteiger partial charge on any atom is -0.483 e. The van der Waals surface area contributed by atoms with Gasteiger partial charge in [-0.3, -0.25) is 0 Å². The van der Waals surface area contributed by atoms with Crippen molar-refractivity contribution in [1.82, 2.24) is 0 Å². The molecule has 0 aromatic heterocycles. The van der Waals surface area contributed by atoms with Gasteiger partial charge in [0.15, 0.2) is 17.4 Å². The molecule has 0 radical (unpaired) electrons. The van der Waals surface area contributed by atoms with Gasteiger partial charge >= 0.3 is 0 Å². The van der Waals surface area contributed by atoms with E-state index in [0.717, 1.165) is 48.0 Å². The quantitative estimate of drug-likeness (QED) is 0.441. The Kier molecular flexibility index (Phi) is 7.16. The van der Waals surface area contributed by atoms with Gasteiger partial charge in [0.2, 0.25) is 0 Å². The van der Waals surface area contributed by atoms with Gasteiger partial charge in [0.25, 0.3) is 0 Å². The number of allylic oxidation sites excluding steroid dienone is 1. The van der Waals surface area contributed by atoms with E-state index in [-0.39, 0.29) is 18.3 Å². The first-order chi connectivity index (χ1) is 14.5. The third-order valence-corrected chi connectivity index (χ3v) is 8.41. The Balaban J connectivity index is 1.32. The molecule has 4 unspecified atom stereocenters. The topological polar surface area (TPSA) is 9.23 Å². The van der Waals surface area contributed by atoms with Crippen LogP contribution in [0.3, 0.4) is 0 Å². The first kappa shape index (κ1) is 21.8. The Morgan fingerprint density at radius 1 is 0.833 bits per heavy atom. The van der Waals surface area contributed by atoms with Gasteiger partial charge in [0.1, 0.15) is 6.61 Å². The molecule has 30 heavy (non-hydrogen) atoms. The molecule has 1 aromatic rings. The number of hydrogen-bond donors (Lipinski definition) is 0. The molecule has 3 saturated carbocycles. The zero-order valence-electron chi connectivity index (χ0n) is 18.7. The molecule has 0 heterocycles. The fraction of sp³-hybridized carbons (Fsp3) is 0.704. The summed E-state index contributed by atoms with van der Waals surface area (Å²) in [5, 5.41) is 0. The average Bonchev–Trinajstić information content (AvgIpc) is 2.75. The third kappa shape index (κ3) is 4.92. The van der Waals surface area contributed by atoms with Crippen LogP contribution >= 0.6 is 0 Å². The van der Waals surface area contributed by atoms with E-state index in [1.54, 1.807) is 6.08 Å². The summed E-state index contributed by atoms with van der Waals surface area (Å²) in [6, 6.07) is 3.01. The van der Waals surface area contributed by atoms with Crippen molar-refractivity contribution in [3.05, 3.63) is 41.5 Å². The van der Waals surface area contributed by atoms with E-state index in [1.165, 1.54) is 63.5 Å². The molecule has 0 aliphatic heterocycles. The second-order valence-electron chi connectivity index (χ2n) is 10.3. The van der Waals surface area contributed by atoms with E-state index in [1.807, 2.05) is 13.0 Å². The van der Waals surface area contributed by atoms with Gasteiger partial charge in [-0.25, -0.2) is 8.78 Å². The van der Waals surface area contributed by atoms with Crippen molar-refractivity contribution >= 4 is 0 Å². The number of hydrogen-bond acceptors (Lipinski definition) is 1. The first-order valence-electron chi connectivity index (χ1n) is 12.3. The van der Waals surface area contributed by atoms with Crippen molar-refractivity contribution in [2.45, 2.75) is 84.0 Å². The Hall–Kier alpha value is -1.38. The Bertz CT molecular complexity index is 711. The molecule has 166 valence electrons. The molecular formula is C27H38F2O. The highest BCUT2D eigenvalue weighted by molar-refractivity contribution is 5.33. The SMILES string of the molecule is C/C=C/COc1c(F)cc(C2CCC(C3CCC4CC(C)CCC4C3)CC2)cc1F. The fourth-order valence-corrected chi connectivity index (χ4v) is 6.69. The summed E-state index contributed by atoms with van der Waals surface area (Å²) in [6.45, 7) is 4.48. The van der Waals surface area contributed by atoms with Crippen molar-refractivity contribution in [2.24, 2.45) is 29.6 Å². The summed E-state index contributed by atoms with van der Waals surface area (Å²) >= 11 is 0. The molecule has 0 saturated heterocycles. The van der Waals surface area contributed by atoms with Gasteiger partial charge in [0.05, 0.1) is 0 Å². The zero-order chi connectivity index (χ0) is 21.1. The third-order valence-electron chi connectivity index (χ3n) is 8.41. The van der Waals surface area contributed by atoms with Gasteiger partial charge in [-0.2, -0.15) is 0 Å². The lowest BCUT2D eigenvalue weighted by Crippen LogP contribution is -2.34. The molecule has 3 fully saturated rings. The van der Waals surface area contributed by atoms with Gasteiger partial charge < -0.3 is 4.74 Å². The summed E-state index contributed by atoms with van der Waals surface area (Å²) in [5.41, 5.74) is 0.812. The van der Waals surface area contributed by atoms with Crippen molar-refractivity contribution in [3.8, 4) is 5.75 Å². The minimum atomic E-state index is -0.568. The lowest BCUT2D eigenvalue weighted by Gasteiger charge is -2.45. The summed E-state index contributed by atoms with van der Waals surface area (Å²) in [4.78, 5) is 0. The predicted molar refractivity (Wildman–Crippen MR) is 119 cm³/mol. The smallest absolute Gasteiger partial charge is 0.191 e. The molecule has 1 aromatic carbocycles. The van der Waals surface area contributed by atoms with Crippen LogP contribution in [0.15, 0.2) is 24.3 Å². The van der Waals surface area contributed by atoms with Crippen LogP contribution in [0.5, 0.6) is 5.75 Å². The van der Waals surface area contributed by atoms with Crippen LogP contribution in [0, 0.1) is 41.2 Å². The van der Waals surface area contributed by atoms with Crippen molar-refractivity contribution in [1.29, 1.82) is 0 Å². The number of ether oxygens (including phenoxy) is 1. The van der Waals surface area contributed by atoms with Crippen LogP contribution < -0.4 is 4.74 Å². The van der Waals surface area contributed by atoms with Crippen molar-refractivity contribution < 1.29 is 13.5 Å². The fourth-order valence-electron chi connectivity index (χ4n) is 6.69.